The molecule has 3 saturated heterocycles. The summed E-state index contributed by atoms with van der Waals surface area (Å²) in [7, 11) is 0. The number of nitrogens with one attached hydrogen (secondary N) is 2. The van der Waals surface area contributed by atoms with E-state index in [1.165, 1.54) is 0 Å². The Morgan fingerprint density at radius 1 is 0.870 bits per heavy atom. The summed E-state index contributed by atoms with van der Waals surface area (Å²) in [6.07, 6.45) is 0.120. The van der Waals surface area contributed by atoms with Crippen LogP contribution in [0.3, 0.4) is 0 Å². The number of para-hydroxylation sites is 1. The zero-order valence-electron chi connectivity index (χ0n) is 30.5. The summed E-state index contributed by atoms with van der Waals surface area (Å²) in [4.78, 5) is 41.1. The predicted octanol–water partition coefficient (Wildman–Crippen LogP) is 5.55. The lowest BCUT2D eigenvalue weighted by molar-refractivity contribution is -0.276. The van der Waals surface area contributed by atoms with Crippen LogP contribution < -0.4 is 15.5 Å². The maximum absolute atomic E-state index is 13.3. The van der Waals surface area contributed by atoms with Crippen molar-refractivity contribution in [1.29, 1.82) is 0 Å². The lowest BCUT2D eigenvalue weighted by Gasteiger charge is -2.46. The van der Waals surface area contributed by atoms with Crippen molar-refractivity contribution in [3.8, 4) is 11.1 Å². The Morgan fingerprint density at radius 2 is 1.56 bits per heavy atom. The second-order valence-corrected chi connectivity index (χ2v) is 14.5. The Hall–Kier alpha value is -5.07. The van der Waals surface area contributed by atoms with E-state index in [2.05, 4.69) is 39.5 Å². The van der Waals surface area contributed by atoms with Crippen LogP contribution >= 0.6 is 0 Å². The Balaban J connectivity index is 1.07. The minimum Gasteiger partial charge on any atom is -0.481 e. The number of hydrogen-bond acceptors (Lipinski definition) is 8. The Bertz CT molecular complexity index is 1910. The van der Waals surface area contributed by atoms with Gasteiger partial charge in [-0.1, -0.05) is 97.9 Å². The number of aliphatic hydroxyl groups is 1. The third-order valence-electron chi connectivity index (χ3n) is 11.2. The third-order valence-corrected chi connectivity index (χ3v) is 11.2. The van der Waals surface area contributed by atoms with Crippen molar-refractivity contribution < 1.29 is 34.1 Å². The molecule has 0 bridgehead atoms. The van der Waals surface area contributed by atoms with Crippen molar-refractivity contribution in [3.05, 3.63) is 125 Å². The van der Waals surface area contributed by atoms with E-state index in [-0.39, 0.29) is 55.9 Å². The normalized spacial score (nSPS) is 22.6. The van der Waals surface area contributed by atoms with Gasteiger partial charge in [-0.2, -0.15) is 0 Å². The van der Waals surface area contributed by atoms with E-state index in [1.54, 1.807) is 0 Å². The molecular formula is C43H48N4O7. The molecule has 4 aromatic carbocycles. The summed E-state index contributed by atoms with van der Waals surface area (Å²) in [5, 5.41) is 24.5. The highest BCUT2D eigenvalue weighted by Gasteiger charge is 2.51. The Labute approximate surface area is 315 Å². The summed E-state index contributed by atoms with van der Waals surface area (Å²) < 4.78 is 13.5. The third kappa shape index (κ3) is 8.05. The van der Waals surface area contributed by atoms with E-state index < -0.39 is 17.8 Å². The van der Waals surface area contributed by atoms with Crippen LogP contribution in [0.25, 0.3) is 11.1 Å². The van der Waals surface area contributed by atoms with Gasteiger partial charge in [0, 0.05) is 49.8 Å². The minimum atomic E-state index is -1.00. The van der Waals surface area contributed by atoms with Gasteiger partial charge >= 0.3 is 5.97 Å². The van der Waals surface area contributed by atoms with Crippen molar-refractivity contribution in [2.75, 3.05) is 31.2 Å². The number of aliphatic carboxylic acids is 1. The molecule has 3 aliphatic rings. The van der Waals surface area contributed by atoms with Gasteiger partial charge in [-0.05, 0) is 52.8 Å². The number of ether oxygens (including phenoxy) is 2. The SMILES string of the molecule is CC1C(CN2CCC3(CC2)C(=O)NCN3c2ccccc2)OC(c2ccc(-c3ccccc3CNC(=O)CCC(=O)O)cc2)OC1c1ccc(CO)cc1. The molecule has 3 aliphatic heterocycles. The van der Waals surface area contributed by atoms with E-state index in [4.69, 9.17) is 14.6 Å². The van der Waals surface area contributed by atoms with Crippen molar-refractivity contribution in [2.45, 2.75) is 69.8 Å². The molecule has 54 heavy (non-hydrogen) atoms. The van der Waals surface area contributed by atoms with Crippen LogP contribution in [0.2, 0.25) is 0 Å². The molecule has 0 radical (unpaired) electrons. The van der Waals surface area contributed by atoms with Crippen LogP contribution in [-0.2, 0) is 37.0 Å². The molecule has 0 aliphatic carbocycles. The number of carboxylic acid groups (broad SMARTS) is 1. The van der Waals surface area contributed by atoms with Gasteiger partial charge < -0.3 is 40.1 Å². The molecule has 4 aromatic rings. The smallest absolute Gasteiger partial charge is 0.303 e. The highest BCUT2D eigenvalue weighted by molar-refractivity contribution is 5.93. The average molecular weight is 733 g/mol. The number of amides is 2. The lowest BCUT2D eigenvalue weighted by atomic mass is 9.84. The second kappa shape index (κ2) is 16.5. The number of piperidine rings is 1. The van der Waals surface area contributed by atoms with Gasteiger partial charge in [0.1, 0.15) is 5.54 Å². The number of nitrogens with zero attached hydrogens (tertiary/aromatic N) is 2. The molecule has 7 rings (SSSR count). The summed E-state index contributed by atoms with van der Waals surface area (Å²) >= 11 is 0. The largest absolute Gasteiger partial charge is 0.481 e. The highest BCUT2D eigenvalue weighted by atomic mass is 16.7. The molecular weight excluding hydrogens is 684 g/mol. The number of carbonyl (C=O) groups excluding carboxylic acids is 2. The van der Waals surface area contributed by atoms with E-state index >= 15 is 0 Å². The number of likely N-dealkylation sites (tertiary alicyclic amines) is 1. The van der Waals surface area contributed by atoms with Crippen LogP contribution in [-0.4, -0.2) is 70.8 Å². The molecule has 3 fully saturated rings. The Kier molecular flexibility index (Phi) is 11.4. The molecule has 0 saturated carbocycles. The number of anilines is 1. The maximum atomic E-state index is 13.3. The van der Waals surface area contributed by atoms with Crippen LogP contribution in [0.5, 0.6) is 0 Å². The van der Waals surface area contributed by atoms with Gasteiger partial charge in [0.25, 0.3) is 0 Å². The monoisotopic (exact) mass is 732 g/mol. The topological polar surface area (TPSA) is 141 Å². The standard InChI is InChI=1S/C43H48N4O7/c1-29-37(26-46-23-21-43(22-24-46)42(52)45-28-47(43)35-8-3-2-4-9-35)53-41(54-40(29)32-13-11-30(27-48)12-14-32)33-17-15-31(16-18-33)36-10-6-5-7-34(36)25-44-38(49)19-20-39(50)51/h2-18,29,37,40-41,48H,19-28H2,1H3,(H,44,49)(H,45,52)(H,50,51). The second-order valence-electron chi connectivity index (χ2n) is 14.5. The van der Waals surface area contributed by atoms with Gasteiger partial charge in [0.2, 0.25) is 11.8 Å². The number of carboxylic acids is 1. The molecule has 282 valence electrons. The zero-order valence-corrected chi connectivity index (χ0v) is 30.5. The summed E-state index contributed by atoms with van der Waals surface area (Å²) in [5.74, 6) is -1.19. The average Bonchev–Trinajstić information content (AvgIpc) is 3.52. The van der Waals surface area contributed by atoms with Gasteiger partial charge in [-0.15, -0.1) is 0 Å². The number of aliphatic hydroxyl groups excluding tert-OH is 1. The van der Waals surface area contributed by atoms with E-state index in [9.17, 15) is 19.5 Å². The zero-order chi connectivity index (χ0) is 37.7. The molecule has 4 N–H and O–H groups in total. The van der Waals surface area contributed by atoms with Crippen LogP contribution in [0, 0.1) is 5.92 Å². The number of carbonyl (C=O) groups is 3. The Morgan fingerprint density at radius 3 is 2.26 bits per heavy atom. The van der Waals surface area contributed by atoms with Crippen molar-refractivity contribution in [3.63, 3.8) is 0 Å². The predicted molar refractivity (Wildman–Crippen MR) is 204 cm³/mol. The van der Waals surface area contributed by atoms with Crippen molar-refractivity contribution in [1.82, 2.24) is 15.5 Å². The van der Waals surface area contributed by atoms with Gasteiger partial charge in [-0.25, -0.2) is 0 Å². The highest BCUT2D eigenvalue weighted by Crippen LogP contribution is 2.43. The van der Waals surface area contributed by atoms with Crippen LogP contribution in [0.15, 0.2) is 103 Å². The van der Waals surface area contributed by atoms with Crippen LogP contribution in [0.4, 0.5) is 5.69 Å². The van der Waals surface area contributed by atoms with E-state index in [0.29, 0.717) is 13.2 Å². The van der Waals surface area contributed by atoms with Crippen molar-refractivity contribution in [2.24, 2.45) is 5.92 Å². The maximum Gasteiger partial charge on any atom is 0.303 e. The first-order chi connectivity index (χ1) is 26.2. The molecule has 0 aromatic heterocycles. The molecule has 11 heteroatoms. The van der Waals surface area contributed by atoms with Gasteiger partial charge in [-0.3, -0.25) is 14.4 Å². The fraction of sp³-hybridized carbons (Fsp3) is 0.372. The minimum absolute atomic E-state index is 0.0181. The first-order valence-electron chi connectivity index (χ1n) is 18.7. The summed E-state index contributed by atoms with van der Waals surface area (Å²) in [6.45, 7) is 5.15. The molecule has 3 heterocycles. The fourth-order valence-electron chi connectivity index (χ4n) is 8.00. The van der Waals surface area contributed by atoms with E-state index in [1.807, 2.05) is 91.0 Å². The fourth-order valence-corrected chi connectivity index (χ4v) is 8.00. The first kappa shape index (κ1) is 37.3. The van der Waals surface area contributed by atoms with Crippen LogP contribution in [0.1, 0.15) is 67.3 Å². The van der Waals surface area contributed by atoms with Gasteiger partial charge in [0.15, 0.2) is 6.29 Å². The number of rotatable bonds is 12. The molecule has 11 nitrogen and oxygen atoms in total. The first-order valence-corrected chi connectivity index (χ1v) is 18.7. The number of benzene rings is 4. The lowest BCUT2D eigenvalue weighted by Crippen LogP contribution is -2.57. The molecule has 4 atom stereocenters. The molecule has 2 amide bonds. The summed E-state index contributed by atoms with van der Waals surface area (Å²) in [5.41, 5.74) is 6.08. The number of hydrogen-bond donors (Lipinski definition) is 4. The molecule has 1 spiro atoms. The quantitative estimate of drug-likeness (QED) is 0.148. The van der Waals surface area contributed by atoms with Crippen molar-refractivity contribution >= 4 is 23.5 Å². The van der Waals surface area contributed by atoms with Gasteiger partial charge in [0.05, 0.1) is 31.9 Å². The van der Waals surface area contributed by atoms with E-state index in [0.717, 1.165) is 65.0 Å². The summed E-state index contributed by atoms with van der Waals surface area (Å²) in [6, 6.07) is 34.0. The molecule has 4 unspecified atom stereocenters.